The fourth-order valence-electron chi connectivity index (χ4n) is 1.25. The van der Waals surface area contributed by atoms with E-state index in [1.165, 1.54) is 0 Å². The second-order valence-corrected chi connectivity index (χ2v) is 3.87. The molecule has 0 aliphatic heterocycles. The van der Waals surface area contributed by atoms with Gasteiger partial charge in [0.2, 0.25) is 0 Å². The summed E-state index contributed by atoms with van der Waals surface area (Å²) in [5.41, 5.74) is 1.17. The predicted molar refractivity (Wildman–Crippen MR) is 65.8 cm³/mol. The number of benzene rings is 1. The van der Waals surface area contributed by atoms with Crippen LogP contribution in [0.3, 0.4) is 0 Å². The highest BCUT2D eigenvalue weighted by molar-refractivity contribution is 5.91. The molecule has 0 heterocycles. The van der Waals surface area contributed by atoms with Crippen molar-refractivity contribution in [1.29, 1.82) is 0 Å². The highest BCUT2D eigenvalue weighted by atomic mass is 16.5. The van der Waals surface area contributed by atoms with Crippen LogP contribution < -0.4 is 5.32 Å². The van der Waals surface area contributed by atoms with Crippen molar-refractivity contribution in [2.45, 2.75) is 20.5 Å². The Labute approximate surface area is 105 Å². The number of nitrogens with one attached hydrogen (secondary N) is 1. The van der Waals surface area contributed by atoms with Gasteiger partial charge in [0.1, 0.15) is 12.3 Å². The maximum atomic E-state index is 11.4. The smallest absolute Gasteiger partial charge is 0.412 e. The normalized spacial score (nSPS) is 9.44. The molecule has 1 aromatic carbocycles. The molecule has 18 heavy (non-hydrogen) atoms. The molecule has 2 N–H and O–H groups in total. The molecule has 0 atom stereocenters. The van der Waals surface area contributed by atoms with Gasteiger partial charge in [-0.15, -0.1) is 0 Å². The van der Waals surface area contributed by atoms with Crippen LogP contribution in [0.4, 0.5) is 4.79 Å². The lowest BCUT2D eigenvalue weighted by Gasteiger charge is -2.08. The zero-order chi connectivity index (χ0) is 13.5. The monoisotopic (exact) mass is 249 g/mol. The first-order valence-corrected chi connectivity index (χ1v) is 5.39. The van der Waals surface area contributed by atoms with Gasteiger partial charge in [-0.25, -0.2) is 9.59 Å². The first-order valence-electron chi connectivity index (χ1n) is 5.39. The molecule has 0 saturated heterocycles. The molecule has 0 spiro atoms. The van der Waals surface area contributed by atoms with Gasteiger partial charge < -0.3 is 9.84 Å². The van der Waals surface area contributed by atoms with E-state index in [9.17, 15) is 9.59 Å². The van der Waals surface area contributed by atoms with E-state index in [-0.39, 0.29) is 12.3 Å². The summed E-state index contributed by atoms with van der Waals surface area (Å²) in [4.78, 5) is 22.2. The van der Waals surface area contributed by atoms with Gasteiger partial charge in [-0.2, -0.15) is 0 Å². The fraction of sp³-hybridized carbons (Fsp3) is 0.231. The first kappa shape index (κ1) is 13.8. The molecule has 0 bridgehead atoms. The third-order valence-corrected chi connectivity index (χ3v) is 2.15. The van der Waals surface area contributed by atoms with Gasteiger partial charge in [0.05, 0.1) is 0 Å². The van der Waals surface area contributed by atoms with Crippen molar-refractivity contribution in [3.05, 3.63) is 47.2 Å². The van der Waals surface area contributed by atoms with Gasteiger partial charge in [0, 0.05) is 0 Å². The number of amides is 1. The summed E-state index contributed by atoms with van der Waals surface area (Å²) in [6, 6.07) is 9.14. The predicted octanol–water partition coefficient (Wildman–Crippen LogP) is 2.29. The van der Waals surface area contributed by atoms with Crippen LogP contribution in [-0.2, 0) is 16.1 Å². The standard InChI is InChI=1S/C13H15NO4/c1-9(2)11(12(15)16)14-13(17)18-8-10-6-4-3-5-7-10/h3-7H,8H2,1-2H3,(H,14,17)(H,15,16). The van der Waals surface area contributed by atoms with Gasteiger partial charge in [0.15, 0.2) is 0 Å². The second-order valence-electron chi connectivity index (χ2n) is 3.87. The molecule has 0 fully saturated rings. The van der Waals surface area contributed by atoms with Gasteiger partial charge in [0.25, 0.3) is 0 Å². The highest BCUT2D eigenvalue weighted by Crippen LogP contribution is 2.03. The number of hydrogen-bond donors (Lipinski definition) is 2. The van der Waals surface area contributed by atoms with Crippen molar-refractivity contribution in [3.8, 4) is 0 Å². The summed E-state index contributed by atoms with van der Waals surface area (Å²) in [7, 11) is 0. The number of carbonyl (C=O) groups is 2. The molecule has 96 valence electrons. The number of carboxylic acid groups (broad SMARTS) is 1. The second kappa shape index (κ2) is 6.44. The Hall–Kier alpha value is -2.30. The van der Waals surface area contributed by atoms with Crippen molar-refractivity contribution in [2.24, 2.45) is 0 Å². The summed E-state index contributed by atoms with van der Waals surface area (Å²) < 4.78 is 4.91. The fourth-order valence-corrected chi connectivity index (χ4v) is 1.25. The van der Waals surface area contributed by atoms with Crippen molar-refractivity contribution in [1.82, 2.24) is 5.32 Å². The lowest BCUT2D eigenvalue weighted by atomic mass is 10.2. The lowest BCUT2D eigenvalue weighted by molar-refractivity contribution is -0.133. The summed E-state index contributed by atoms with van der Waals surface area (Å²) in [5.74, 6) is -1.19. The van der Waals surface area contributed by atoms with E-state index in [0.29, 0.717) is 5.57 Å². The summed E-state index contributed by atoms with van der Waals surface area (Å²) in [6.45, 7) is 3.30. The minimum absolute atomic E-state index is 0.0995. The lowest BCUT2D eigenvalue weighted by Crippen LogP contribution is -2.28. The van der Waals surface area contributed by atoms with Crippen LogP contribution >= 0.6 is 0 Å². The highest BCUT2D eigenvalue weighted by Gasteiger charge is 2.13. The van der Waals surface area contributed by atoms with Crippen LogP contribution in [0.15, 0.2) is 41.6 Å². The Kier molecular flexibility index (Phi) is 4.92. The maximum absolute atomic E-state index is 11.4. The average molecular weight is 249 g/mol. The van der Waals surface area contributed by atoms with Crippen molar-refractivity contribution >= 4 is 12.1 Å². The van der Waals surface area contributed by atoms with Crippen LogP contribution in [0.2, 0.25) is 0 Å². The van der Waals surface area contributed by atoms with E-state index in [4.69, 9.17) is 9.84 Å². The molecule has 0 aliphatic rings. The Morgan fingerprint density at radius 1 is 1.22 bits per heavy atom. The van der Waals surface area contributed by atoms with Gasteiger partial charge in [-0.3, -0.25) is 5.32 Å². The van der Waals surface area contributed by atoms with Crippen molar-refractivity contribution < 1.29 is 19.4 Å². The van der Waals surface area contributed by atoms with Gasteiger partial charge >= 0.3 is 12.1 Å². The average Bonchev–Trinajstić information content (AvgIpc) is 2.34. The summed E-state index contributed by atoms with van der Waals surface area (Å²) in [5, 5.41) is 11.1. The molecule has 0 unspecified atom stereocenters. The first-order chi connectivity index (χ1) is 8.50. The minimum Gasteiger partial charge on any atom is -0.477 e. The van der Waals surface area contributed by atoms with E-state index in [1.54, 1.807) is 13.8 Å². The van der Waals surface area contributed by atoms with Crippen LogP contribution in [0.25, 0.3) is 0 Å². The molecule has 1 amide bonds. The number of carbonyl (C=O) groups excluding carboxylic acids is 1. The molecule has 5 heteroatoms. The molecule has 5 nitrogen and oxygen atoms in total. The third kappa shape index (κ3) is 4.29. The van der Waals surface area contributed by atoms with Crippen molar-refractivity contribution in [2.75, 3.05) is 0 Å². The molecule has 0 radical (unpaired) electrons. The molecular weight excluding hydrogens is 234 g/mol. The van der Waals surface area contributed by atoms with E-state index < -0.39 is 12.1 Å². The Bertz CT molecular complexity index is 461. The van der Waals surface area contributed by atoms with Gasteiger partial charge in [-0.1, -0.05) is 30.3 Å². The van der Waals surface area contributed by atoms with E-state index >= 15 is 0 Å². The topological polar surface area (TPSA) is 75.6 Å². The number of aliphatic carboxylic acids is 1. The van der Waals surface area contributed by atoms with Crippen LogP contribution in [-0.4, -0.2) is 17.2 Å². The third-order valence-electron chi connectivity index (χ3n) is 2.15. The van der Waals surface area contributed by atoms with E-state index in [0.717, 1.165) is 5.56 Å². The minimum atomic E-state index is -1.19. The van der Waals surface area contributed by atoms with Crippen LogP contribution in [0.5, 0.6) is 0 Å². The van der Waals surface area contributed by atoms with Crippen LogP contribution in [0.1, 0.15) is 19.4 Å². The summed E-state index contributed by atoms with van der Waals surface area (Å²) >= 11 is 0. The number of ether oxygens (including phenoxy) is 1. The Morgan fingerprint density at radius 3 is 2.33 bits per heavy atom. The summed E-state index contributed by atoms with van der Waals surface area (Å²) in [6.07, 6.45) is -0.780. The number of allylic oxidation sites excluding steroid dienone is 1. The number of carboxylic acids is 1. The van der Waals surface area contributed by atoms with E-state index in [2.05, 4.69) is 5.32 Å². The number of rotatable bonds is 4. The molecule has 1 aromatic rings. The Morgan fingerprint density at radius 2 is 1.83 bits per heavy atom. The van der Waals surface area contributed by atoms with Gasteiger partial charge in [-0.05, 0) is 25.0 Å². The SMILES string of the molecule is CC(C)=C(NC(=O)OCc1ccccc1)C(=O)O. The number of hydrogen-bond acceptors (Lipinski definition) is 3. The molecule has 0 aromatic heterocycles. The maximum Gasteiger partial charge on any atom is 0.412 e. The van der Waals surface area contributed by atoms with E-state index in [1.807, 2.05) is 30.3 Å². The largest absolute Gasteiger partial charge is 0.477 e. The number of alkyl carbamates (subject to hydrolysis) is 1. The zero-order valence-electron chi connectivity index (χ0n) is 10.3. The van der Waals surface area contributed by atoms with Crippen LogP contribution in [0, 0.1) is 0 Å². The quantitative estimate of drug-likeness (QED) is 0.803. The Balaban J connectivity index is 2.52. The molecular formula is C13H15NO4. The zero-order valence-corrected chi connectivity index (χ0v) is 10.3. The molecule has 0 aliphatic carbocycles. The molecule has 1 rings (SSSR count). The van der Waals surface area contributed by atoms with Crippen molar-refractivity contribution in [3.63, 3.8) is 0 Å². The molecule has 0 saturated carbocycles.